The Morgan fingerprint density at radius 1 is 1.14 bits per heavy atom. The zero-order valence-electron chi connectivity index (χ0n) is 15.2. The summed E-state index contributed by atoms with van der Waals surface area (Å²) in [6.45, 7) is 6.32. The van der Waals surface area contributed by atoms with E-state index in [4.69, 9.17) is 4.74 Å². The minimum atomic E-state index is -0.410. The number of ether oxygens (including phenoxy) is 1. The van der Waals surface area contributed by atoms with Crippen LogP contribution in [0.4, 0.5) is 4.79 Å². The van der Waals surface area contributed by atoms with Gasteiger partial charge in [-0.3, -0.25) is 9.69 Å². The fourth-order valence-electron chi connectivity index (χ4n) is 2.70. The zero-order valence-corrected chi connectivity index (χ0v) is 19.5. The van der Waals surface area contributed by atoms with Crippen LogP contribution in [-0.2, 0) is 11.3 Å². The quantitative estimate of drug-likeness (QED) is 0.223. The molecular weight excluding hydrogens is 582 g/mol. The molecule has 0 bridgehead atoms. The Morgan fingerprint density at radius 2 is 1.79 bits per heavy atom. The smallest absolute Gasteiger partial charge is 0.329 e. The number of amides is 3. The van der Waals surface area contributed by atoms with E-state index in [1.807, 2.05) is 43.3 Å². The van der Waals surface area contributed by atoms with Crippen molar-refractivity contribution in [1.29, 1.82) is 0 Å². The van der Waals surface area contributed by atoms with Gasteiger partial charge in [-0.15, -0.1) is 0 Å². The highest BCUT2D eigenvalue weighted by atomic mass is 127. The average molecular weight is 600 g/mol. The van der Waals surface area contributed by atoms with Crippen LogP contribution in [0, 0.1) is 14.1 Å². The second-order valence-electron chi connectivity index (χ2n) is 6.28. The number of nitrogens with zero attached hydrogens (tertiary/aromatic N) is 1. The second kappa shape index (κ2) is 9.08. The van der Waals surface area contributed by atoms with Gasteiger partial charge in [-0.2, -0.15) is 0 Å². The van der Waals surface area contributed by atoms with Crippen LogP contribution >= 0.6 is 45.2 Å². The van der Waals surface area contributed by atoms with Gasteiger partial charge in [0.2, 0.25) is 0 Å². The molecule has 0 radical (unpaired) electrons. The predicted octanol–water partition coefficient (Wildman–Crippen LogP) is 4.86. The lowest BCUT2D eigenvalue weighted by Gasteiger charge is -2.12. The number of hydrogen-bond donors (Lipinski definition) is 1. The number of benzene rings is 2. The lowest BCUT2D eigenvalue weighted by Crippen LogP contribution is -2.30. The fourth-order valence-corrected chi connectivity index (χ4v) is 4.83. The summed E-state index contributed by atoms with van der Waals surface area (Å²) in [6.07, 6.45) is 3.38. The van der Waals surface area contributed by atoms with Gasteiger partial charge in [0, 0.05) is 0 Å². The SMILES string of the molecule is C=CCOc1c(I)cc(/C=C2/NC(=O)N(Cc3ccc(C)cc3)C2=O)cc1I. The molecule has 0 atom stereocenters. The molecule has 2 aromatic carbocycles. The van der Waals surface area contributed by atoms with Gasteiger partial charge in [0.15, 0.2) is 0 Å². The van der Waals surface area contributed by atoms with Crippen LogP contribution in [0.5, 0.6) is 5.75 Å². The number of carbonyl (C=O) groups is 2. The third-order valence-corrected chi connectivity index (χ3v) is 5.70. The van der Waals surface area contributed by atoms with Crippen LogP contribution < -0.4 is 10.1 Å². The molecule has 7 heteroatoms. The first-order chi connectivity index (χ1) is 13.4. The molecule has 0 aliphatic carbocycles. The number of nitrogens with one attached hydrogen (secondary N) is 1. The molecule has 0 unspecified atom stereocenters. The van der Waals surface area contributed by atoms with Gasteiger partial charge in [0.05, 0.1) is 13.7 Å². The highest BCUT2D eigenvalue weighted by Gasteiger charge is 2.33. The molecule has 1 saturated heterocycles. The van der Waals surface area contributed by atoms with Gasteiger partial charge in [-0.05, 0) is 81.4 Å². The van der Waals surface area contributed by atoms with Crippen LogP contribution in [0.3, 0.4) is 0 Å². The molecule has 5 nitrogen and oxygen atoms in total. The van der Waals surface area contributed by atoms with E-state index in [-0.39, 0.29) is 18.1 Å². The summed E-state index contributed by atoms with van der Waals surface area (Å²) in [5.41, 5.74) is 3.12. The number of imide groups is 1. The van der Waals surface area contributed by atoms with Gasteiger partial charge >= 0.3 is 6.03 Å². The Bertz CT molecular complexity index is 945. The predicted molar refractivity (Wildman–Crippen MR) is 126 cm³/mol. The van der Waals surface area contributed by atoms with E-state index in [1.165, 1.54) is 4.90 Å². The number of aryl methyl sites for hydroxylation is 1. The van der Waals surface area contributed by atoms with E-state index in [0.29, 0.717) is 6.61 Å². The summed E-state index contributed by atoms with van der Waals surface area (Å²) in [4.78, 5) is 26.2. The number of halogens is 2. The topological polar surface area (TPSA) is 58.6 Å². The Morgan fingerprint density at radius 3 is 2.39 bits per heavy atom. The molecule has 3 rings (SSSR count). The van der Waals surface area contributed by atoms with Crippen molar-refractivity contribution in [1.82, 2.24) is 10.2 Å². The normalized spacial score (nSPS) is 15.1. The maximum atomic E-state index is 12.7. The second-order valence-corrected chi connectivity index (χ2v) is 8.60. The van der Waals surface area contributed by atoms with Crippen LogP contribution in [0.1, 0.15) is 16.7 Å². The maximum Gasteiger partial charge on any atom is 0.329 e. The maximum absolute atomic E-state index is 12.7. The Kier molecular flexibility index (Phi) is 6.76. The van der Waals surface area contributed by atoms with Crippen molar-refractivity contribution < 1.29 is 14.3 Å². The van der Waals surface area contributed by atoms with Crippen molar-refractivity contribution >= 4 is 63.2 Å². The minimum absolute atomic E-state index is 0.242. The van der Waals surface area contributed by atoms with Crippen molar-refractivity contribution in [2.24, 2.45) is 0 Å². The fraction of sp³-hybridized carbons (Fsp3) is 0.143. The molecule has 0 spiro atoms. The molecule has 1 aliphatic heterocycles. The van der Waals surface area contributed by atoms with Crippen LogP contribution in [-0.4, -0.2) is 23.4 Å². The molecule has 2 aromatic rings. The molecule has 144 valence electrons. The Labute approximate surface area is 191 Å². The molecule has 0 saturated carbocycles. The van der Waals surface area contributed by atoms with Gasteiger partial charge < -0.3 is 10.1 Å². The van der Waals surface area contributed by atoms with E-state index >= 15 is 0 Å². The van der Waals surface area contributed by atoms with E-state index in [0.717, 1.165) is 29.6 Å². The number of rotatable bonds is 6. The average Bonchev–Trinajstić information content (AvgIpc) is 2.90. The third-order valence-electron chi connectivity index (χ3n) is 4.10. The van der Waals surface area contributed by atoms with E-state index < -0.39 is 6.03 Å². The molecule has 1 heterocycles. The van der Waals surface area contributed by atoms with E-state index in [9.17, 15) is 9.59 Å². The number of hydrogen-bond acceptors (Lipinski definition) is 3. The van der Waals surface area contributed by atoms with Crippen molar-refractivity contribution in [3.63, 3.8) is 0 Å². The largest absolute Gasteiger partial charge is 0.487 e. The first-order valence-corrected chi connectivity index (χ1v) is 10.7. The summed E-state index contributed by atoms with van der Waals surface area (Å²) in [7, 11) is 0. The van der Waals surface area contributed by atoms with Crippen molar-refractivity contribution in [2.45, 2.75) is 13.5 Å². The lowest BCUT2D eigenvalue weighted by atomic mass is 10.1. The summed E-state index contributed by atoms with van der Waals surface area (Å²) in [6, 6.07) is 11.2. The molecule has 3 amide bonds. The van der Waals surface area contributed by atoms with Gasteiger partial charge in [0.25, 0.3) is 5.91 Å². The number of urea groups is 1. The first kappa shape index (κ1) is 20.8. The Hall–Kier alpha value is -1.88. The van der Waals surface area contributed by atoms with Crippen molar-refractivity contribution in [3.8, 4) is 5.75 Å². The molecular formula is C21H18I2N2O3. The summed E-state index contributed by atoms with van der Waals surface area (Å²) in [5.74, 6) is 0.452. The molecule has 1 N–H and O–H groups in total. The highest BCUT2D eigenvalue weighted by molar-refractivity contribution is 14.1. The minimum Gasteiger partial charge on any atom is -0.487 e. The highest BCUT2D eigenvalue weighted by Crippen LogP contribution is 2.30. The van der Waals surface area contributed by atoms with Gasteiger partial charge in [-0.25, -0.2) is 4.79 Å². The number of carbonyl (C=O) groups excluding carboxylic acids is 2. The van der Waals surface area contributed by atoms with Gasteiger partial charge in [0.1, 0.15) is 18.1 Å². The zero-order chi connectivity index (χ0) is 20.3. The van der Waals surface area contributed by atoms with Crippen LogP contribution in [0.15, 0.2) is 54.8 Å². The molecule has 1 fully saturated rings. The molecule has 0 aromatic heterocycles. The van der Waals surface area contributed by atoms with Crippen LogP contribution in [0.2, 0.25) is 0 Å². The molecule has 1 aliphatic rings. The summed E-state index contributed by atoms with van der Waals surface area (Å²) in [5, 5.41) is 2.67. The van der Waals surface area contributed by atoms with E-state index in [1.54, 1.807) is 12.2 Å². The lowest BCUT2D eigenvalue weighted by molar-refractivity contribution is -0.123. The molecule has 28 heavy (non-hydrogen) atoms. The summed E-state index contributed by atoms with van der Waals surface area (Å²) < 4.78 is 7.52. The standard InChI is InChI=1S/C21H18I2N2O3/c1-3-8-28-19-16(22)9-15(10-17(19)23)11-18-20(26)25(21(27)24-18)12-14-6-4-13(2)5-7-14/h3-7,9-11H,1,8,12H2,2H3,(H,24,27)/b18-11+. The Balaban J connectivity index is 1.81. The van der Waals surface area contributed by atoms with Crippen molar-refractivity contribution in [3.05, 3.63) is 78.6 Å². The monoisotopic (exact) mass is 600 g/mol. The van der Waals surface area contributed by atoms with Crippen molar-refractivity contribution in [2.75, 3.05) is 6.61 Å². The van der Waals surface area contributed by atoms with Crippen LogP contribution in [0.25, 0.3) is 6.08 Å². The third kappa shape index (κ3) is 4.75. The summed E-state index contributed by atoms with van der Waals surface area (Å²) >= 11 is 4.39. The van der Waals surface area contributed by atoms with E-state index in [2.05, 4.69) is 57.1 Å². The van der Waals surface area contributed by atoms with Gasteiger partial charge in [-0.1, -0.05) is 42.5 Å². The first-order valence-electron chi connectivity index (χ1n) is 8.52.